The first-order valence-corrected chi connectivity index (χ1v) is 12.9. The Kier molecular flexibility index (Phi) is 10.2. The summed E-state index contributed by atoms with van der Waals surface area (Å²) in [6, 6.07) is 13.8. The van der Waals surface area contributed by atoms with Crippen LogP contribution in [0.1, 0.15) is 76.1 Å². The maximum atomic E-state index is 13.7. The Morgan fingerprint density at radius 1 is 0.575 bits per heavy atom. The lowest BCUT2D eigenvalue weighted by atomic mass is 9.88. The van der Waals surface area contributed by atoms with Crippen molar-refractivity contribution in [2.24, 2.45) is 10.8 Å². The third-order valence-corrected chi connectivity index (χ3v) is 6.11. The highest BCUT2D eigenvalue weighted by Gasteiger charge is 2.30. The third-order valence-electron chi connectivity index (χ3n) is 6.11. The van der Waals surface area contributed by atoms with E-state index in [4.69, 9.17) is 9.47 Å². The Morgan fingerprint density at radius 3 is 1.12 bits per heavy atom. The van der Waals surface area contributed by atoms with Crippen molar-refractivity contribution >= 4 is 23.4 Å². The van der Waals surface area contributed by atoms with Crippen molar-refractivity contribution in [3.05, 3.63) is 82.6 Å². The normalized spacial score (nSPS) is 12.9. The number of nitrogens with one attached hydrogen (secondary N) is 2. The molecule has 0 saturated heterocycles. The molecular weight excluding hydrogens is 508 g/mol. The summed E-state index contributed by atoms with van der Waals surface area (Å²) in [6.07, 6.45) is 0. The SMILES string of the molecule is CO/C(C(C)=O)=C(/NC(=O)c1ccccc1-c1ccccc1C(=O)N/C(=C(/OC)C(C)=O)C(C)(C)C)C(C)(C)C. The molecule has 0 aromatic heterocycles. The average Bonchev–Trinajstić information content (AvgIpc) is 2.86. The number of allylic oxidation sites excluding steroid dienone is 4. The lowest BCUT2D eigenvalue weighted by molar-refractivity contribution is -0.117. The maximum Gasteiger partial charge on any atom is 0.256 e. The van der Waals surface area contributed by atoms with Gasteiger partial charge in [-0.3, -0.25) is 19.2 Å². The van der Waals surface area contributed by atoms with Gasteiger partial charge in [0.25, 0.3) is 11.8 Å². The zero-order valence-corrected chi connectivity index (χ0v) is 25.1. The van der Waals surface area contributed by atoms with Gasteiger partial charge in [-0.05, 0) is 23.3 Å². The van der Waals surface area contributed by atoms with E-state index < -0.39 is 22.6 Å². The Balaban J connectivity index is 2.65. The fourth-order valence-electron chi connectivity index (χ4n) is 4.21. The highest BCUT2D eigenvalue weighted by atomic mass is 16.5. The minimum absolute atomic E-state index is 0.0685. The summed E-state index contributed by atoms with van der Waals surface area (Å²) in [5, 5.41) is 5.77. The van der Waals surface area contributed by atoms with Crippen LogP contribution in [-0.2, 0) is 19.1 Å². The molecular formula is C32H40N2O6. The van der Waals surface area contributed by atoms with Crippen molar-refractivity contribution in [1.29, 1.82) is 0 Å². The van der Waals surface area contributed by atoms with Gasteiger partial charge in [0.05, 0.1) is 25.6 Å². The third kappa shape index (κ3) is 7.46. The van der Waals surface area contributed by atoms with E-state index in [0.29, 0.717) is 33.6 Å². The van der Waals surface area contributed by atoms with Gasteiger partial charge >= 0.3 is 0 Å². The maximum absolute atomic E-state index is 13.7. The Morgan fingerprint density at radius 2 is 0.875 bits per heavy atom. The molecule has 0 saturated carbocycles. The van der Waals surface area contributed by atoms with Crippen LogP contribution in [-0.4, -0.2) is 37.6 Å². The molecule has 0 aliphatic heterocycles. The first-order chi connectivity index (χ1) is 18.5. The number of amides is 2. The highest BCUT2D eigenvalue weighted by molar-refractivity contribution is 6.07. The Hall–Kier alpha value is -4.20. The molecule has 0 fully saturated rings. The molecule has 2 aromatic rings. The molecule has 0 unspecified atom stereocenters. The first-order valence-electron chi connectivity index (χ1n) is 12.9. The van der Waals surface area contributed by atoms with Crippen LogP contribution in [0.15, 0.2) is 71.4 Å². The van der Waals surface area contributed by atoms with E-state index >= 15 is 0 Å². The van der Waals surface area contributed by atoms with E-state index in [1.807, 2.05) is 41.5 Å². The summed E-state index contributed by atoms with van der Waals surface area (Å²) in [5.41, 5.74) is 1.12. The number of methoxy groups -OCH3 is 2. The number of ketones is 2. The molecule has 0 aliphatic carbocycles. The van der Waals surface area contributed by atoms with Crippen LogP contribution >= 0.6 is 0 Å². The fourth-order valence-corrected chi connectivity index (χ4v) is 4.21. The van der Waals surface area contributed by atoms with E-state index in [-0.39, 0.29) is 23.1 Å². The molecule has 2 aromatic carbocycles. The molecule has 214 valence electrons. The largest absolute Gasteiger partial charge is 0.491 e. The summed E-state index contributed by atoms with van der Waals surface area (Å²) in [7, 11) is 2.78. The molecule has 40 heavy (non-hydrogen) atoms. The summed E-state index contributed by atoms with van der Waals surface area (Å²) < 4.78 is 10.7. The van der Waals surface area contributed by atoms with Gasteiger partial charge in [-0.25, -0.2) is 0 Å². The number of carbonyl (C=O) groups excluding carboxylic acids is 4. The van der Waals surface area contributed by atoms with Crippen LogP contribution < -0.4 is 10.6 Å². The van der Waals surface area contributed by atoms with E-state index in [1.165, 1.54) is 28.1 Å². The van der Waals surface area contributed by atoms with Gasteiger partial charge in [0.15, 0.2) is 23.1 Å². The van der Waals surface area contributed by atoms with Crippen LogP contribution in [0.3, 0.4) is 0 Å². The molecule has 2 rings (SSSR count). The van der Waals surface area contributed by atoms with Gasteiger partial charge in [0.2, 0.25) is 0 Å². The lowest BCUT2D eigenvalue weighted by Gasteiger charge is -2.27. The molecule has 0 aliphatic rings. The topological polar surface area (TPSA) is 111 Å². The summed E-state index contributed by atoms with van der Waals surface area (Å²) in [5.74, 6) is -1.41. The Labute approximate surface area is 236 Å². The number of hydrogen-bond donors (Lipinski definition) is 2. The molecule has 2 N–H and O–H groups in total. The van der Waals surface area contributed by atoms with E-state index in [0.717, 1.165) is 0 Å². The summed E-state index contributed by atoms with van der Waals surface area (Å²) in [4.78, 5) is 51.8. The van der Waals surface area contributed by atoms with E-state index in [2.05, 4.69) is 10.6 Å². The van der Waals surface area contributed by atoms with Gasteiger partial charge in [-0.1, -0.05) is 77.9 Å². The number of rotatable bonds is 9. The first kappa shape index (κ1) is 32.0. The minimum Gasteiger partial charge on any atom is -0.491 e. The predicted octanol–water partition coefficient (Wildman–Crippen LogP) is 5.80. The van der Waals surface area contributed by atoms with Crippen LogP contribution in [0, 0.1) is 10.8 Å². The smallest absolute Gasteiger partial charge is 0.256 e. The van der Waals surface area contributed by atoms with E-state index in [1.54, 1.807) is 48.5 Å². The van der Waals surface area contributed by atoms with Gasteiger partial charge in [0.1, 0.15) is 0 Å². The van der Waals surface area contributed by atoms with Crippen molar-refractivity contribution < 1.29 is 28.7 Å². The average molecular weight is 549 g/mol. The molecule has 8 heteroatoms. The number of ether oxygens (including phenoxy) is 2. The molecule has 2 amide bonds. The van der Waals surface area contributed by atoms with Crippen molar-refractivity contribution in [3.63, 3.8) is 0 Å². The van der Waals surface area contributed by atoms with Crippen LogP contribution in [0.2, 0.25) is 0 Å². The highest BCUT2D eigenvalue weighted by Crippen LogP contribution is 2.32. The van der Waals surface area contributed by atoms with Crippen molar-refractivity contribution in [3.8, 4) is 11.1 Å². The number of Topliss-reactive ketones (excluding diaryl/α,β-unsaturated/α-hetero) is 2. The molecule has 8 nitrogen and oxygen atoms in total. The Bertz CT molecular complexity index is 1260. The van der Waals surface area contributed by atoms with Gasteiger partial charge in [-0.15, -0.1) is 0 Å². The second kappa shape index (κ2) is 12.8. The molecule has 0 bridgehead atoms. The van der Waals surface area contributed by atoms with Gasteiger partial charge in [-0.2, -0.15) is 0 Å². The number of benzene rings is 2. The zero-order valence-electron chi connectivity index (χ0n) is 25.1. The minimum atomic E-state index is -0.606. The van der Waals surface area contributed by atoms with Crippen molar-refractivity contribution in [2.75, 3.05) is 14.2 Å². The molecule has 0 radical (unpaired) electrons. The van der Waals surface area contributed by atoms with Gasteiger partial charge < -0.3 is 20.1 Å². The quantitative estimate of drug-likeness (QED) is 0.303. The number of hydrogen-bond acceptors (Lipinski definition) is 6. The van der Waals surface area contributed by atoms with E-state index in [9.17, 15) is 19.2 Å². The standard InChI is InChI=1S/C32H40N2O6/c1-19(35)25(39-9)27(31(3,4)5)33-29(37)23-17-13-11-15-21(23)22-16-12-14-18-24(22)30(38)34-28(32(6,7)8)26(40-10)20(2)36/h11-18H,1-10H3,(H,33,37)(H,34,38)/b27-25+,28-26+. The predicted molar refractivity (Wildman–Crippen MR) is 155 cm³/mol. The summed E-state index contributed by atoms with van der Waals surface area (Å²) in [6.45, 7) is 14.0. The second-order valence-electron chi connectivity index (χ2n) is 11.4. The van der Waals surface area contributed by atoms with Crippen molar-refractivity contribution in [2.45, 2.75) is 55.4 Å². The van der Waals surface area contributed by atoms with Crippen LogP contribution in [0.5, 0.6) is 0 Å². The second-order valence-corrected chi connectivity index (χ2v) is 11.4. The fraction of sp³-hybridized carbons (Fsp3) is 0.375. The van der Waals surface area contributed by atoms with Crippen LogP contribution in [0.4, 0.5) is 0 Å². The van der Waals surface area contributed by atoms with Gasteiger partial charge in [0, 0.05) is 35.8 Å². The molecule has 0 spiro atoms. The molecule has 0 atom stereocenters. The molecule has 0 heterocycles. The lowest BCUT2D eigenvalue weighted by Crippen LogP contribution is -2.34. The number of carbonyl (C=O) groups is 4. The van der Waals surface area contributed by atoms with Crippen molar-refractivity contribution in [1.82, 2.24) is 10.6 Å². The summed E-state index contributed by atoms with van der Waals surface area (Å²) >= 11 is 0. The monoisotopic (exact) mass is 548 g/mol. The van der Waals surface area contributed by atoms with Crippen LogP contribution in [0.25, 0.3) is 11.1 Å². The zero-order chi connectivity index (χ0) is 30.4.